The molecule has 364 valence electrons. The van der Waals surface area contributed by atoms with Gasteiger partial charge in [-0.1, -0.05) is 255 Å². The molecular formula is C76H48O2. The Balaban J connectivity index is 0.000000151. The summed E-state index contributed by atoms with van der Waals surface area (Å²) >= 11 is 0. The van der Waals surface area contributed by atoms with Gasteiger partial charge in [0.05, 0.1) is 13.7 Å². The first-order chi connectivity index (χ1) is 42.9. The maximum atomic E-state index is 8.82. The summed E-state index contributed by atoms with van der Waals surface area (Å²) in [4.78, 5) is 0. The minimum atomic E-state index is -0.453. The van der Waals surface area contributed by atoms with E-state index in [4.69, 9.17) is 22.5 Å². The molecule has 2 heterocycles. The Bertz CT molecular complexity index is 5410. The number of hydrogen-bond donors (Lipinski definition) is 0. The molecule has 0 aliphatic rings. The fourth-order valence-electron chi connectivity index (χ4n) is 11.8. The van der Waals surface area contributed by atoms with E-state index in [9.17, 15) is 0 Å². The lowest BCUT2D eigenvalue weighted by Gasteiger charge is -2.19. The second-order valence-corrected chi connectivity index (χ2v) is 19.4. The summed E-state index contributed by atoms with van der Waals surface area (Å²) in [5, 5.41) is 12.0. The van der Waals surface area contributed by atoms with Crippen molar-refractivity contribution >= 4 is 87.0 Å². The van der Waals surface area contributed by atoms with E-state index in [1.54, 1.807) is 12.1 Å². The van der Waals surface area contributed by atoms with Crippen molar-refractivity contribution < 1.29 is 22.5 Å². The molecule has 0 saturated carbocycles. The largest absolute Gasteiger partial charge is 0.456 e. The molecular weight excluding hydrogens is 945 g/mol. The fourth-order valence-corrected chi connectivity index (χ4v) is 11.8. The minimum absolute atomic E-state index is 0.0915. The number of furan rings is 2. The van der Waals surface area contributed by atoms with E-state index in [1.165, 1.54) is 49.4 Å². The number of hydrogen-bond acceptors (Lipinski definition) is 2. The minimum Gasteiger partial charge on any atom is -0.456 e. The second kappa shape index (κ2) is 18.8. The maximum Gasteiger partial charge on any atom is 0.136 e. The molecule has 0 amide bonds. The van der Waals surface area contributed by atoms with Crippen molar-refractivity contribution in [2.24, 2.45) is 0 Å². The van der Waals surface area contributed by atoms with Crippen molar-refractivity contribution in [2.75, 3.05) is 0 Å². The molecule has 0 spiro atoms. The summed E-state index contributed by atoms with van der Waals surface area (Å²) in [6.07, 6.45) is 0. The van der Waals surface area contributed by atoms with Crippen LogP contribution in [0.3, 0.4) is 0 Å². The van der Waals surface area contributed by atoms with E-state index in [0.29, 0.717) is 22.3 Å². The quantitative estimate of drug-likeness (QED) is 0.155. The molecule has 0 radical (unpaired) electrons. The van der Waals surface area contributed by atoms with E-state index >= 15 is 0 Å². The van der Waals surface area contributed by atoms with Gasteiger partial charge in [0.1, 0.15) is 22.3 Å². The van der Waals surface area contributed by atoms with Crippen LogP contribution in [0.25, 0.3) is 154 Å². The highest BCUT2D eigenvalue weighted by atomic mass is 16.3. The highest BCUT2D eigenvalue weighted by Crippen LogP contribution is 2.50. The van der Waals surface area contributed by atoms with E-state index in [2.05, 4.69) is 140 Å². The lowest BCUT2D eigenvalue weighted by molar-refractivity contribution is 0.669. The number of fused-ring (bicyclic) bond motifs is 10. The first kappa shape index (κ1) is 35.8. The monoisotopic (exact) mass is 1000 g/mol. The lowest BCUT2D eigenvalue weighted by Crippen LogP contribution is -1.92. The van der Waals surface area contributed by atoms with Crippen molar-refractivity contribution in [3.05, 3.63) is 291 Å². The van der Waals surface area contributed by atoms with Gasteiger partial charge in [-0.3, -0.25) is 0 Å². The number of benzene rings is 14. The van der Waals surface area contributed by atoms with Gasteiger partial charge in [0.25, 0.3) is 0 Å². The normalized spacial score (nSPS) is 13.4. The van der Waals surface area contributed by atoms with Crippen LogP contribution in [0.15, 0.2) is 300 Å². The van der Waals surface area contributed by atoms with Crippen LogP contribution in [0.4, 0.5) is 0 Å². The summed E-state index contributed by atoms with van der Waals surface area (Å²) in [7, 11) is 0. The highest BCUT2D eigenvalue weighted by molar-refractivity contribution is 6.27. The molecule has 2 aromatic heterocycles. The van der Waals surface area contributed by atoms with E-state index in [-0.39, 0.29) is 35.3 Å². The molecule has 16 rings (SSSR count). The van der Waals surface area contributed by atoms with Gasteiger partial charge >= 0.3 is 0 Å². The van der Waals surface area contributed by atoms with E-state index in [0.717, 1.165) is 70.9 Å². The molecule has 16 aromatic rings. The molecule has 2 heteroatoms. The van der Waals surface area contributed by atoms with Crippen LogP contribution >= 0.6 is 0 Å². The van der Waals surface area contributed by atoms with Gasteiger partial charge in [-0.25, -0.2) is 0 Å². The molecule has 0 aliphatic heterocycles. The van der Waals surface area contributed by atoms with Gasteiger partial charge in [-0.15, -0.1) is 0 Å². The van der Waals surface area contributed by atoms with Crippen LogP contribution in [0.2, 0.25) is 0 Å². The third-order valence-electron chi connectivity index (χ3n) is 15.1. The lowest BCUT2D eigenvalue weighted by atomic mass is 9.84. The Morgan fingerprint density at radius 2 is 0.628 bits per heavy atom. The number of rotatable bonds is 6. The van der Waals surface area contributed by atoms with Crippen molar-refractivity contribution in [1.82, 2.24) is 0 Å². The van der Waals surface area contributed by atoms with Crippen molar-refractivity contribution in [1.29, 1.82) is 0 Å². The zero-order chi connectivity index (χ0) is 60.2. The summed E-state index contributed by atoms with van der Waals surface area (Å²) in [6.45, 7) is 0. The average Bonchev–Trinajstić information content (AvgIpc) is 1.33. The molecule has 0 atom stereocenters. The van der Waals surface area contributed by atoms with Crippen molar-refractivity contribution in [3.8, 4) is 66.8 Å². The van der Waals surface area contributed by atoms with Crippen LogP contribution in [0.1, 0.15) is 13.7 Å². The number of para-hydroxylation sites is 1. The fraction of sp³-hybridized carbons (Fsp3) is 0. The summed E-state index contributed by atoms with van der Waals surface area (Å²) in [5.41, 5.74) is 13.1. The van der Waals surface area contributed by atoms with Crippen molar-refractivity contribution in [3.63, 3.8) is 0 Å². The van der Waals surface area contributed by atoms with Crippen LogP contribution in [0.5, 0.6) is 0 Å². The van der Waals surface area contributed by atoms with Crippen molar-refractivity contribution in [2.45, 2.75) is 0 Å². The smallest absolute Gasteiger partial charge is 0.136 e. The predicted octanol–water partition coefficient (Wildman–Crippen LogP) is 21.8. The molecule has 0 saturated heterocycles. The van der Waals surface area contributed by atoms with Crippen LogP contribution in [-0.2, 0) is 0 Å². The van der Waals surface area contributed by atoms with Gasteiger partial charge in [0.2, 0.25) is 0 Å². The molecule has 0 bridgehead atoms. The van der Waals surface area contributed by atoms with Crippen LogP contribution in [0, 0.1) is 0 Å². The Kier molecular flexibility index (Phi) is 8.65. The predicted molar refractivity (Wildman–Crippen MR) is 330 cm³/mol. The third kappa shape index (κ3) is 7.49. The summed E-state index contributed by atoms with van der Waals surface area (Å²) in [6, 6.07) is 74.6. The van der Waals surface area contributed by atoms with E-state index < -0.39 is 36.3 Å². The Morgan fingerprint density at radius 1 is 0.218 bits per heavy atom. The summed E-state index contributed by atoms with van der Waals surface area (Å²) in [5.74, 6) is 0. The Morgan fingerprint density at radius 3 is 1.21 bits per heavy atom. The first-order valence-corrected chi connectivity index (χ1v) is 25.9. The maximum absolute atomic E-state index is 8.82. The Hall–Kier alpha value is -10.3. The standard InChI is InChI=1S/2C38H24O/c1-3-13-25(14-4-1)27-23-33(38-32-21-11-12-22-34(32)39-35(38)24-27)37-30-19-9-7-17-28(30)36(26-15-5-2-6-16-26)29-18-8-10-20-31(29)37;1-3-12-25(13-4-1)27-22-23-32-35(24-27)39-34-21-11-20-33(38(32)34)37-30-18-9-7-16-28(30)36(26-14-5-2-6-15-26)29-17-8-10-19-31(29)37/h2*1-24H/i;1D,2D,3D,4D,5D,6D,12D,13D,14D,15D. The first-order valence-electron chi connectivity index (χ1n) is 30.9. The van der Waals surface area contributed by atoms with Gasteiger partial charge in [-0.05, 0) is 146 Å². The van der Waals surface area contributed by atoms with Gasteiger partial charge in [0.15, 0.2) is 0 Å². The molecule has 2 nitrogen and oxygen atoms in total. The molecule has 0 N–H and O–H groups in total. The second-order valence-electron chi connectivity index (χ2n) is 19.4. The van der Waals surface area contributed by atoms with Gasteiger partial charge < -0.3 is 8.83 Å². The van der Waals surface area contributed by atoms with Gasteiger partial charge in [-0.2, -0.15) is 0 Å². The van der Waals surface area contributed by atoms with E-state index in [1.807, 2.05) is 78.9 Å². The van der Waals surface area contributed by atoms with Gasteiger partial charge in [0, 0.05) is 21.5 Å². The Labute approximate surface area is 465 Å². The zero-order valence-corrected chi connectivity index (χ0v) is 41.8. The highest BCUT2D eigenvalue weighted by Gasteiger charge is 2.23. The van der Waals surface area contributed by atoms with Crippen LogP contribution in [-0.4, -0.2) is 0 Å². The molecule has 14 aromatic carbocycles. The molecule has 78 heavy (non-hydrogen) atoms. The third-order valence-corrected chi connectivity index (χ3v) is 15.1. The zero-order valence-electron chi connectivity index (χ0n) is 51.8. The molecule has 0 fully saturated rings. The molecule has 0 unspecified atom stereocenters. The summed E-state index contributed by atoms with van der Waals surface area (Å²) < 4.78 is 96.6. The topological polar surface area (TPSA) is 26.3 Å². The SMILES string of the molecule is [2H]c1c([2H])c([2H])c(-c2ccc3c(c2)oc2cccc(-c4c5ccccc5c(-c5c([2H])c([2H])c([2H])c([2H])c5[2H])c5ccccc45)c23)c([2H])c1[2H].c1ccc(-c2cc(-c3c4ccccc4c(-c4ccccc4)c4ccccc34)c3c(c2)oc2ccccc23)cc1. The van der Waals surface area contributed by atoms with Crippen LogP contribution < -0.4 is 0 Å². The average molecular weight is 1000 g/mol. The molecule has 0 aliphatic carbocycles.